The number of fused-ring (bicyclic) bond motifs is 3. The van der Waals surface area contributed by atoms with Gasteiger partial charge in [-0.1, -0.05) is 6.92 Å². The molecule has 4 nitrogen and oxygen atoms in total. The maximum Gasteiger partial charge on any atom is 0.416 e. The average Bonchev–Trinajstić information content (AvgIpc) is 3.11. The van der Waals surface area contributed by atoms with Gasteiger partial charge in [-0.3, -0.25) is 4.98 Å². The molecule has 33 heavy (non-hydrogen) atoms. The second-order valence-electron chi connectivity index (χ2n) is 9.23. The predicted molar refractivity (Wildman–Crippen MR) is 115 cm³/mol. The second kappa shape index (κ2) is 7.17. The smallest absolute Gasteiger partial charge is 0.416 e. The minimum absolute atomic E-state index is 0.0577. The van der Waals surface area contributed by atoms with Crippen molar-refractivity contribution in [3.05, 3.63) is 65.9 Å². The highest BCUT2D eigenvalue weighted by Crippen LogP contribution is 2.63. The van der Waals surface area contributed by atoms with Gasteiger partial charge in [0.2, 0.25) is 0 Å². The van der Waals surface area contributed by atoms with Gasteiger partial charge in [0.1, 0.15) is 17.4 Å². The predicted octanol–water partition coefficient (Wildman–Crippen LogP) is 6.48. The Kier molecular flexibility index (Phi) is 4.44. The summed E-state index contributed by atoms with van der Waals surface area (Å²) in [6, 6.07) is 9.88. The van der Waals surface area contributed by atoms with Gasteiger partial charge in [0.25, 0.3) is 0 Å². The molecule has 2 aliphatic carbocycles. The van der Waals surface area contributed by atoms with Gasteiger partial charge < -0.3 is 9.72 Å². The van der Waals surface area contributed by atoms with E-state index in [0.29, 0.717) is 45.4 Å². The molecular formula is C25H21F4N3O. The number of alkyl halides is 3. The van der Waals surface area contributed by atoms with Gasteiger partial charge in [0.05, 0.1) is 28.2 Å². The molecule has 2 heterocycles. The van der Waals surface area contributed by atoms with E-state index in [1.807, 2.05) is 0 Å². The molecule has 2 aromatic carbocycles. The van der Waals surface area contributed by atoms with E-state index in [1.54, 1.807) is 18.3 Å². The van der Waals surface area contributed by atoms with Gasteiger partial charge in [0, 0.05) is 17.5 Å². The van der Waals surface area contributed by atoms with Crippen molar-refractivity contribution in [1.82, 2.24) is 15.0 Å². The van der Waals surface area contributed by atoms with Crippen LogP contribution in [-0.2, 0) is 6.18 Å². The van der Waals surface area contributed by atoms with Crippen LogP contribution in [0.5, 0.6) is 5.75 Å². The number of hydrogen-bond acceptors (Lipinski definition) is 3. The van der Waals surface area contributed by atoms with E-state index in [2.05, 4.69) is 21.9 Å². The van der Waals surface area contributed by atoms with Gasteiger partial charge in [-0.05, 0) is 73.1 Å². The molecule has 0 radical (unpaired) electrons. The zero-order valence-corrected chi connectivity index (χ0v) is 17.7. The third-order valence-electron chi connectivity index (χ3n) is 7.26. The van der Waals surface area contributed by atoms with Gasteiger partial charge in [-0.25, -0.2) is 9.37 Å². The van der Waals surface area contributed by atoms with E-state index in [0.717, 1.165) is 30.8 Å². The van der Waals surface area contributed by atoms with E-state index in [9.17, 15) is 17.6 Å². The fourth-order valence-corrected chi connectivity index (χ4v) is 5.66. The summed E-state index contributed by atoms with van der Waals surface area (Å²) in [4.78, 5) is 12.0. The first kappa shape index (κ1) is 20.4. The lowest BCUT2D eigenvalue weighted by Crippen LogP contribution is -2.17. The largest absolute Gasteiger partial charge is 0.490 e. The number of ether oxygens (including phenoxy) is 1. The highest BCUT2D eigenvalue weighted by molar-refractivity contribution is 5.84. The van der Waals surface area contributed by atoms with Crippen molar-refractivity contribution in [3.63, 3.8) is 0 Å². The Balaban J connectivity index is 1.15. The second-order valence-corrected chi connectivity index (χ2v) is 9.23. The SMILES string of the molecule is CC(c1nc2cc(C(F)(F)F)ccc2[nH]1)[C@H]1[C@@H]2C[C@H](Oc3ccnc4ccc(F)cc34)C[C@@H]21. The minimum Gasteiger partial charge on any atom is -0.490 e. The molecule has 170 valence electrons. The number of benzene rings is 2. The number of halogens is 4. The first-order valence-electron chi connectivity index (χ1n) is 11.1. The van der Waals surface area contributed by atoms with Crippen molar-refractivity contribution < 1.29 is 22.3 Å². The van der Waals surface area contributed by atoms with Crippen LogP contribution in [0.1, 0.15) is 37.1 Å². The van der Waals surface area contributed by atoms with Crippen LogP contribution < -0.4 is 4.74 Å². The van der Waals surface area contributed by atoms with Crippen molar-refractivity contribution in [1.29, 1.82) is 0 Å². The highest BCUT2D eigenvalue weighted by atomic mass is 19.4. The fraction of sp³-hybridized carbons (Fsp3) is 0.360. The van der Waals surface area contributed by atoms with E-state index in [1.165, 1.54) is 18.2 Å². The Morgan fingerprint density at radius 3 is 2.58 bits per heavy atom. The molecule has 4 aromatic rings. The van der Waals surface area contributed by atoms with Crippen molar-refractivity contribution in [3.8, 4) is 5.75 Å². The number of pyridine rings is 1. The highest BCUT2D eigenvalue weighted by Gasteiger charge is 2.59. The van der Waals surface area contributed by atoms with Gasteiger partial charge in [-0.15, -0.1) is 0 Å². The summed E-state index contributed by atoms with van der Waals surface area (Å²) in [6.07, 6.45) is -0.855. The third-order valence-corrected chi connectivity index (χ3v) is 7.26. The van der Waals surface area contributed by atoms with Crippen LogP contribution in [0, 0.1) is 23.6 Å². The Hall–Kier alpha value is -3.16. The van der Waals surface area contributed by atoms with Crippen LogP contribution in [0.25, 0.3) is 21.9 Å². The van der Waals surface area contributed by atoms with Crippen LogP contribution in [0.2, 0.25) is 0 Å². The standard InChI is InChI=1S/C25H21F4N3O/c1-12(24-31-20-4-2-13(25(27,28)29)8-21(20)32-24)23-16-10-15(11-17(16)23)33-22-6-7-30-19-5-3-14(26)9-18(19)22/h2-9,12,15-17,23H,10-11H2,1H3,(H,31,32)/t12?,15-,16+,17-,23-. The lowest BCUT2D eigenvalue weighted by molar-refractivity contribution is -0.137. The number of nitrogens with zero attached hydrogens (tertiary/aromatic N) is 2. The molecule has 5 atom stereocenters. The molecule has 2 aromatic heterocycles. The molecular weight excluding hydrogens is 434 g/mol. The van der Waals surface area contributed by atoms with E-state index in [-0.39, 0.29) is 17.8 Å². The average molecular weight is 455 g/mol. The summed E-state index contributed by atoms with van der Waals surface area (Å²) >= 11 is 0. The van der Waals surface area contributed by atoms with Crippen molar-refractivity contribution in [2.75, 3.05) is 0 Å². The molecule has 6 rings (SSSR count). The van der Waals surface area contributed by atoms with Crippen molar-refractivity contribution in [2.45, 2.75) is 38.0 Å². The van der Waals surface area contributed by atoms with Gasteiger partial charge >= 0.3 is 6.18 Å². The first-order chi connectivity index (χ1) is 15.8. The first-order valence-corrected chi connectivity index (χ1v) is 11.1. The number of hydrogen-bond donors (Lipinski definition) is 1. The number of aromatic amines is 1. The van der Waals surface area contributed by atoms with Crippen LogP contribution in [0.3, 0.4) is 0 Å². The molecule has 0 spiro atoms. The van der Waals surface area contributed by atoms with Crippen LogP contribution in [0.15, 0.2) is 48.7 Å². The number of rotatable bonds is 4. The normalized spacial score (nSPS) is 25.4. The number of aromatic nitrogens is 3. The van der Waals surface area contributed by atoms with E-state index < -0.39 is 11.7 Å². The zero-order valence-electron chi connectivity index (χ0n) is 17.7. The lowest BCUT2D eigenvalue weighted by Gasteiger charge is -2.19. The van der Waals surface area contributed by atoms with Gasteiger partial charge in [0.15, 0.2) is 0 Å². The van der Waals surface area contributed by atoms with E-state index >= 15 is 0 Å². The third kappa shape index (κ3) is 3.52. The van der Waals surface area contributed by atoms with Crippen LogP contribution in [0.4, 0.5) is 17.6 Å². The van der Waals surface area contributed by atoms with E-state index in [4.69, 9.17) is 4.74 Å². The molecule has 2 aliphatic rings. The quantitative estimate of drug-likeness (QED) is 0.359. The molecule has 1 unspecified atom stereocenters. The Morgan fingerprint density at radius 2 is 1.82 bits per heavy atom. The number of nitrogens with one attached hydrogen (secondary N) is 1. The molecule has 8 heteroatoms. The maximum absolute atomic E-state index is 13.7. The topological polar surface area (TPSA) is 50.8 Å². The number of imidazole rings is 1. The number of H-pyrrole nitrogens is 1. The minimum atomic E-state index is -4.38. The summed E-state index contributed by atoms with van der Waals surface area (Å²) in [5.74, 6) is 2.60. The Labute approximate surface area is 187 Å². The summed E-state index contributed by atoms with van der Waals surface area (Å²) in [7, 11) is 0. The molecule has 2 fully saturated rings. The van der Waals surface area contributed by atoms with Crippen molar-refractivity contribution in [2.24, 2.45) is 17.8 Å². The molecule has 0 saturated heterocycles. The molecule has 0 bridgehead atoms. The Bertz CT molecular complexity index is 1350. The zero-order chi connectivity index (χ0) is 22.9. The Morgan fingerprint density at radius 1 is 1.03 bits per heavy atom. The summed E-state index contributed by atoms with van der Waals surface area (Å²) in [5, 5.41) is 0.670. The monoisotopic (exact) mass is 455 g/mol. The molecule has 1 N–H and O–H groups in total. The molecule has 0 amide bonds. The maximum atomic E-state index is 13.7. The lowest BCUT2D eigenvalue weighted by atomic mass is 9.97. The van der Waals surface area contributed by atoms with Crippen LogP contribution in [-0.4, -0.2) is 21.1 Å². The molecule has 0 aliphatic heterocycles. The molecule has 2 saturated carbocycles. The summed E-state index contributed by atoms with van der Waals surface area (Å²) < 4.78 is 59.0. The summed E-state index contributed by atoms with van der Waals surface area (Å²) in [5.41, 5.74) is 0.971. The fourth-order valence-electron chi connectivity index (χ4n) is 5.66. The van der Waals surface area contributed by atoms with Crippen LogP contribution >= 0.6 is 0 Å². The summed E-state index contributed by atoms with van der Waals surface area (Å²) in [6.45, 7) is 2.08. The van der Waals surface area contributed by atoms with Gasteiger partial charge in [-0.2, -0.15) is 13.2 Å². The van der Waals surface area contributed by atoms with Crippen molar-refractivity contribution >= 4 is 21.9 Å².